The molecule has 4 bridgehead atoms. The summed E-state index contributed by atoms with van der Waals surface area (Å²) in [4.78, 5) is 11.8. The zero-order valence-electron chi connectivity index (χ0n) is 11.6. The third-order valence-corrected chi connectivity index (χ3v) is 5.36. The standard InChI is InChI=1S/C16H22N2O/c1-2-18-16(19)14(9-17)8-15-12-4-10-3-11(6-12)7-13(15)5-10/h8,10-13,15H,2-7H2,1H3,(H,18,19)/b14-8+. The van der Waals surface area contributed by atoms with Crippen LogP contribution in [0.4, 0.5) is 0 Å². The highest BCUT2D eigenvalue weighted by Crippen LogP contribution is 2.57. The molecule has 0 atom stereocenters. The number of hydrogen-bond donors (Lipinski definition) is 1. The molecule has 19 heavy (non-hydrogen) atoms. The first kappa shape index (κ1) is 12.7. The summed E-state index contributed by atoms with van der Waals surface area (Å²) in [6.07, 6.45) is 8.72. The summed E-state index contributed by atoms with van der Waals surface area (Å²) in [5.41, 5.74) is 0.333. The lowest BCUT2D eigenvalue weighted by molar-refractivity contribution is -0.117. The molecule has 0 spiro atoms. The van der Waals surface area contributed by atoms with Crippen LogP contribution in [0.3, 0.4) is 0 Å². The number of likely N-dealkylation sites (N-methyl/N-ethyl adjacent to an activating group) is 1. The molecular formula is C16H22N2O. The number of allylic oxidation sites excluding steroid dienone is 1. The van der Waals surface area contributed by atoms with Crippen LogP contribution < -0.4 is 5.32 Å². The summed E-state index contributed by atoms with van der Waals surface area (Å²) < 4.78 is 0. The van der Waals surface area contributed by atoms with Crippen LogP contribution in [0.2, 0.25) is 0 Å². The lowest BCUT2D eigenvalue weighted by atomic mass is 9.52. The summed E-state index contributed by atoms with van der Waals surface area (Å²) in [6, 6.07) is 2.09. The molecule has 0 unspecified atom stereocenters. The van der Waals surface area contributed by atoms with Gasteiger partial charge in [0.15, 0.2) is 0 Å². The van der Waals surface area contributed by atoms with E-state index in [2.05, 4.69) is 11.4 Å². The van der Waals surface area contributed by atoms with Crippen LogP contribution in [0.25, 0.3) is 0 Å². The van der Waals surface area contributed by atoms with Crippen molar-refractivity contribution in [2.24, 2.45) is 29.6 Å². The van der Waals surface area contributed by atoms with Crippen LogP contribution in [0.1, 0.15) is 39.0 Å². The number of nitrogens with zero attached hydrogens (tertiary/aromatic N) is 1. The molecule has 0 aromatic carbocycles. The Labute approximate surface area is 115 Å². The van der Waals surface area contributed by atoms with E-state index in [9.17, 15) is 10.1 Å². The van der Waals surface area contributed by atoms with E-state index in [0.717, 1.165) is 23.7 Å². The van der Waals surface area contributed by atoms with E-state index in [1.807, 2.05) is 13.0 Å². The summed E-state index contributed by atoms with van der Waals surface area (Å²) >= 11 is 0. The number of nitrogens with one attached hydrogen (secondary N) is 1. The van der Waals surface area contributed by atoms with Crippen molar-refractivity contribution in [3.8, 4) is 6.07 Å². The highest BCUT2D eigenvalue weighted by Gasteiger charge is 2.47. The average Bonchev–Trinajstić information content (AvgIpc) is 2.37. The molecule has 0 aromatic heterocycles. The molecule has 0 heterocycles. The summed E-state index contributed by atoms with van der Waals surface area (Å²) in [6.45, 7) is 2.47. The second kappa shape index (κ2) is 5.00. The van der Waals surface area contributed by atoms with Gasteiger partial charge in [0.25, 0.3) is 5.91 Å². The van der Waals surface area contributed by atoms with Crippen molar-refractivity contribution in [1.29, 1.82) is 5.26 Å². The van der Waals surface area contributed by atoms with Crippen molar-refractivity contribution >= 4 is 5.91 Å². The van der Waals surface area contributed by atoms with Crippen LogP contribution in [-0.2, 0) is 4.79 Å². The van der Waals surface area contributed by atoms with Gasteiger partial charge in [0.2, 0.25) is 0 Å². The van der Waals surface area contributed by atoms with Gasteiger partial charge in [0.05, 0.1) is 0 Å². The van der Waals surface area contributed by atoms with E-state index in [4.69, 9.17) is 0 Å². The van der Waals surface area contributed by atoms with Gasteiger partial charge < -0.3 is 5.32 Å². The van der Waals surface area contributed by atoms with Gasteiger partial charge in [-0.15, -0.1) is 0 Å². The first-order valence-electron chi connectivity index (χ1n) is 7.61. The minimum atomic E-state index is -0.196. The Morgan fingerprint density at radius 3 is 2.26 bits per heavy atom. The number of carbonyl (C=O) groups excluding carboxylic acids is 1. The zero-order valence-corrected chi connectivity index (χ0v) is 11.6. The Balaban J connectivity index is 1.78. The Hall–Kier alpha value is -1.30. The smallest absolute Gasteiger partial charge is 0.261 e. The van der Waals surface area contributed by atoms with Crippen LogP contribution in [0.15, 0.2) is 11.6 Å². The molecule has 0 aromatic rings. The van der Waals surface area contributed by atoms with E-state index in [-0.39, 0.29) is 5.91 Å². The molecule has 1 N–H and O–H groups in total. The maximum absolute atomic E-state index is 11.8. The monoisotopic (exact) mass is 258 g/mol. The number of nitriles is 1. The lowest BCUT2D eigenvalue weighted by Gasteiger charge is -2.53. The second-order valence-electron chi connectivity index (χ2n) is 6.56. The minimum absolute atomic E-state index is 0.196. The number of carbonyl (C=O) groups is 1. The molecule has 3 heteroatoms. The van der Waals surface area contributed by atoms with Gasteiger partial charge in [0.1, 0.15) is 11.6 Å². The topological polar surface area (TPSA) is 52.9 Å². The van der Waals surface area contributed by atoms with Gasteiger partial charge in [-0.1, -0.05) is 6.08 Å². The number of amides is 1. The molecule has 4 aliphatic carbocycles. The van der Waals surface area contributed by atoms with Crippen molar-refractivity contribution in [3.63, 3.8) is 0 Å². The van der Waals surface area contributed by atoms with E-state index in [1.54, 1.807) is 0 Å². The molecule has 102 valence electrons. The summed E-state index contributed by atoms with van der Waals surface area (Å²) in [7, 11) is 0. The zero-order chi connectivity index (χ0) is 13.4. The van der Waals surface area contributed by atoms with Gasteiger partial charge in [-0.25, -0.2) is 0 Å². The lowest BCUT2D eigenvalue weighted by Crippen LogP contribution is -2.44. The molecule has 0 saturated heterocycles. The Kier molecular flexibility index (Phi) is 3.35. The van der Waals surface area contributed by atoms with Crippen LogP contribution >= 0.6 is 0 Å². The van der Waals surface area contributed by atoms with Crippen LogP contribution in [0.5, 0.6) is 0 Å². The quantitative estimate of drug-likeness (QED) is 0.625. The second-order valence-corrected chi connectivity index (χ2v) is 6.56. The molecule has 4 saturated carbocycles. The minimum Gasteiger partial charge on any atom is -0.352 e. The van der Waals surface area contributed by atoms with Crippen molar-refractivity contribution in [1.82, 2.24) is 5.32 Å². The van der Waals surface area contributed by atoms with Gasteiger partial charge >= 0.3 is 0 Å². The van der Waals surface area contributed by atoms with Gasteiger partial charge in [-0.2, -0.15) is 5.26 Å². The van der Waals surface area contributed by atoms with Crippen LogP contribution in [-0.4, -0.2) is 12.5 Å². The van der Waals surface area contributed by atoms with E-state index in [1.165, 1.54) is 32.1 Å². The molecule has 1 amide bonds. The largest absolute Gasteiger partial charge is 0.352 e. The van der Waals surface area contributed by atoms with E-state index in [0.29, 0.717) is 18.0 Å². The predicted octanol–water partition coefficient (Wildman–Crippen LogP) is 2.64. The maximum Gasteiger partial charge on any atom is 0.261 e. The molecule has 0 radical (unpaired) electrons. The Morgan fingerprint density at radius 2 is 1.79 bits per heavy atom. The third kappa shape index (κ3) is 2.29. The summed E-state index contributed by atoms with van der Waals surface area (Å²) in [5, 5.41) is 11.9. The maximum atomic E-state index is 11.8. The first-order chi connectivity index (χ1) is 9.21. The van der Waals surface area contributed by atoms with Crippen LogP contribution in [0, 0.1) is 40.9 Å². The Bertz CT molecular complexity index is 418. The normalized spacial score (nSPS) is 40.0. The highest BCUT2D eigenvalue weighted by atomic mass is 16.1. The molecular weight excluding hydrogens is 236 g/mol. The average molecular weight is 258 g/mol. The van der Waals surface area contributed by atoms with Crippen molar-refractivity contribution in [3.05, 3.63) is 11.6 Å². The predicted molar refractivity (Wildman–Crippen MR) is 72.9 cm³/mol. The summed E-state index contributed by atoms with van der Waals surface area (Å²) in [5.74, 6) is 3.61. The molecule has 4 rings (SSSR count). The number of rotatable bonds is 3. The molecule has 4 aliphatic rings. The van der Waals surface area contributed by atoms with Gasteiger partial charge in [-0.05, 0) is 68.6 Å². The SMILES string of the molecule is CCNC(=O)/C(C#N)=C/C1C2CC3CC(C2)CC1C3. The highest BCUT2D eigenvalue weighted by molar-refractivity contribution is 5.97. The molecule has 0 aliphatic heterocycles. The molecule has 3 nitrogen and oxygen atoms in total. The fourth-order valence-electron chi connectivity index (χ4n) is 4.85. The Morgan fingerprint density at radius 1 is 1.21 bits per heavy atom. The van der Waals surface area contributed by atoms with Crippen molar-refractivity contribution in [2.45, 2.75) is 39.0 Å². The van der Waals surface area contributed by atoms with Gasteiger partial charge in [-0.3, -0.25) is 4.79 Å². The van der Waals surface area contributed by atoms with E-state index < -0.39 is 0 Å². The van der Waals surface area contributed by atoms with Crippen molar-refractivity contribution < 1.29 is 4.79 Å². The third-order valence-electron chi connectivity index (χ3n) is 5.36. The first-order valence-corrected chi connectivity index (χ1v) is 7.61. The van der Waals surface area contributed by atoms with E-state index >= 15 is 0 Å². The fourth-order valence-corrected chi connectivity index (χ4v) is 4.85. The van der Waals surface area contributed by atoms with Gasteiger partial charge in [0, 0.05) is 6.54 Å². The van der Waals surface area contributed by atoms with Crippen molar-refractivity contribution in [2.75, 3.05) is 6.54 Å². The number of hydrogen-bond acceptors (Lipinski definition) is 2. The fraction of sp³-hybridized carbons (Fsp3) is 0.750. The molecule has 4 fully saturated rings.